The number of benzene rings is 1. The van der Waals surface area contributed by atoms with Gasteiger partial charge in [0.2, 0.25) is 0 Å². The van der Waals surface area contributed by atoms with Crippen LogP contribution in [0.2, 0.25) is 0 Å². The van der Waals surface area contributed by atoms with Crippen LogP contribution in [0.5, 0.6) is 0 Å². The van der Waals surface area contributed by atoms with Gasteiger partial charge in [-0.3, -0.25) is 14.9 Å². The summed E-state index contributed by atoms with van der Waals surface area (Å²) < 4.78 is 0. The highest BCUT2D eigenvalue weighted by Crippen LogP contribution is 2.24. The van der Waals surface area contributed by atoms with Crippen molar-refractivity contribution in [1.82, 2.24) is 5.32 Å². The number of fused-ring (bicyclic) bond motifs is 1. The molecule has 0 aromatic heterocycles. The third-order valence-electron chi connectivity index (χ3n) is 3.16. The van der Waals surface area contributed by atoms with E-state index < -0.39 is 0 Å². The van der Waals surface area contributed by atoms with Crippen LogP contribution >= 0.6 is 0 Å². The molecule has 1 heterocycles. The molecular formula is C14H18N2O3. The Balaban J connectivity index is 1.92. The molecule has 1 aromatic carbocycles. The van der Waals surface area contributed by atoms with Crippen LogP contribution in [-0.2, 0) is 0 Å². The first kappa shape index (κ1) is 13.5. The molecule has 0 saturated heterocycles. The van der Waals surface area contributed by atoms with E-state index in [2.05, 4.69) is 10.6 Å². The Kier molecular flexibility index (Phi) is 4.52. The first-order chi connectivity index (χ1) is 9.24. The fourth-order valence-corrected chi connectivity index (χ4v) is 2.18. The smallest absolute Gasteiger partial charge is 0.261 e. The van der Waals surface area contributed by atoms with Crippen LogP contribution < -0.4 is 10.6 Å². The predicted octanol–water partition coefficient (Wildman–Crippen LogP) is 1.53. The second-order valence-electron chi connectivity index (χ2n) is 4.58. The maximum atomic E-state index is 11.7. The number of hydrogen-bond acceptors (Lipinski definition) is 4. The van der Waals surface area contributed by atoms with Crippen LogP contribution in [0.1, 0.15) is 46.4 Å². The Hall–Kier alpha value is -1.88. The summed E-state index contributed by atoms with van der Waals surface area (Å²) in [5, 5.41) is 14.2. The second-order valence-corrected chi connectivity index (χ2v) is 4.58. The average molecular weight is 262 g/mol. The van der Waals surface area contributed by atoms with Gasteiger partial charge < -0.3 is 10.4 Å². The molecule has 0 saturated carbocycles. The van der Waals surface area contributed by atoms with Crippen LogP contribution in [-0.4, -0.2) is 30.1 Å². The number of imide groups is 1. The monoisotopic (exact) mass is 262 g/mol. The predicted molar refractivity (Wildman–Crippen MR) is 72.3 cm³/mol. The molecule has 0 radical (unpaired) electrons. The van der Waals surface area contributed by atoms with Gasteiger partial charge in [0.15, 0.2) is 0 Å². The number of unbranched alkanes of at least 4 members (excludes halogenated alkanes) is 3. The Morgan fingerprint density at radius 3 is 2.63 bits per heavy atom. The van der Waals surface area contributed by atoms with Gasteiger partial charge in [-0.15, -0.1) is 0 Å². The third kappa shape index (κ3) is 3.12. The number of carbonyl (C=O) groups is 2. The van der Waals surface area contributed by atoms with E-state index in [1.165, 1.54) is 0 Å². The minimum atomic E-state index is -0.330. The van der Waals surface area contributed by atoms with E-state index in [9.17, 15) is 9.59 Å². The molecule has 102 valence electrons. The highest BCUT2D eigenvalue weighted by molar-refractivity contribution is 6.23. The second kappa shape index (κ2) is 6.33. The van der Waals surface area contributed by atoms with Gasteiger partial charge in [-0.25, -0.2) is 0 Å². The first-order valence-corrected chi connectivity index (χ1v) is 6.57. The minimum absolute atomic E-state index is 0.238. The van der Waals surface area contributed by atoms with Crippen molar-refractivity contribution in [1.29, 1.82) is 0 Å². The van der Waals surface area contributed by atoms with E-state index in [1.807, 2.05) is 6.07 Å². The quantitative estimate of drug-likeness (QED) is 0.514. The van der Waals surface area contributed by atoms with Gasteiger partial charge in [0.1, 0.15) is 0 Å². The molecule has 1 aliphatic heterocycles. The van der Waals surface area contributed by atoms with Crippen LogP contribution in [0.25, 0.3) is 0 Å². The highest BCUT2D eigenvalue weighted by Gasteiger charge is 2.28. The summed E-state index contributed by atoms with van der Waals surface area (Å²) in [6.07, 6.45) is 3.84. The summed E-state index contributed by atoms with van der Waals surface area (Å²) in [7, 11) is 0. The highest BCUT2D eigenvalue weighted by atomic mass is 16.3. The summed E-state index contributed by atoms with van der Waals surface area (Å²) in [5.41, 5.74) is 1.60. The maximum absolute atomic E-state index is 11.7. The van der Waals surface area contributed by atoms with Gasteiger partial charge >= 0.3 is 0 Å². The lowest BCUT2D eigenvalue weighted by Crippen LogP contribution is -2.20. The van der Waals surface area contributed by atoms with Gasteiger partial charge in [0, 0.05) is 18.8 Å². The zero-order valence-corrected chi connectivity index (χ0v) is 10.7. The van der Waals surface area contributed by atoms with Crippen molar-refractivity contribution in [2.45, 2.75) is 25.7 Å². The number of nitrogens with one attached hydrogen (secondary N) is 2. The molecule has 0 fully saturated rings. The Bertz CT molecular complexity index is 486. The van der Waals surface area contributed by atoms with Gasteiger partial charge in [-0.1, -0.05) is 18.9 Å². The van der Waals surface area contributed by atoms with E-state index in [0.29, 0.717) is 16.8 Å². The summed E-state index contributed by atoms with van der Waals surface area (Å²) in [4.78, 5) is 23.2. The number of hydrogen-bond donors (Lipinski definition) is 3. The van der Waals surface area contributed by atoms with Gasteiger partial charge in [0.05, 0.1) is 11.1 Å². The zero-order chi connectivity index (χ0) is 13.7. The molecule has 3 N–H and O–H groups in total. The van der Waals surface area contributed by atoms with Crippen LogP contribution in [0, 0.1) is 0 Å². The van der Waals surface area contributed by atoms with E-state index in [4.69, 9.17) is 5.11 Å². The van der Waals surface area contributed by atoms with Crippen molar-refractivity contribution >= 4 is 17.5 Å². The number of amides is 2. The molecular weight excluding hydrogens is 244 g/mol. The fourth-order valence-electron chi connectivity index (χ4n) is 2.18. The van der Waals surface area contributed by atoms with Crippen LogP contribution in [0.3, 0.4) is 0 Å². The summed E-state index contributed by atoms with van der Waals surface area (Å²) in [6.45, 7) is 0.991. The maximum Gasteiger partial charge on any atom is 0.261 e. The Morgan fingerprint density at radius 1 is 1.05 bits per heavy atom. The van der Waals surface area contributed by atoms with Gasteiger partial charge in [-0.05, 0) is 25.0 Å². The van der Waals surface area contributed by atoms with Crippen molar-refractivity contribution in [3.63, 3.8) is 0 Å². The molecule has 1 aromatic rings. The number of anilines is 1. The molecule has 0 aliphatic carbocycles. The molecule has 0 unspecified atom stereocenters. The molecule has 5 nitrogen and oxygen atoms in total. The van der Waals surface area contributed by atoms with Crippen molar-refractivity contribution in [3.8, 4) is 0 Å². The largest absolute Gasteiger partial charge is 0.396 e. The zero-order valence-electron chi connectivity index (χ0n) is 10.7. The van der Waals surface area contributed by atoms with Gasteiger partial charge in [-0.2, -0.15) is 0 Å². The molecule has 0 bridgehead atoms. The number of aliphatic hydroxyl groups is 1. The molecule has 1 aliphatic rings. The normalized spacial score (nSPS) is 13.3. The standard InChI is InChI=1S/C14H18N2O3/c17-9-4-2-1-3-8-15-11-7-5-6-10-12(11)14(19)16-13(10)18/h5-7,15,17H,1-4,8-9H2,(H,16,18,19). The van der Waals surface area contributed by atoms with Crippen molar-refractivity contribution < 1.29 is 14.7 Å². The molecule has 0 atom stereocenters. The van der Waals surface area contributed by atoms with Crippen molar-refractivity contribution in [3.05, 3.63) is 29.3 Å². The average Bonchev–Trinajstić information content (AvgIpc) is 2.70. The summed E-state index contributed by atoms with van der Waals surface area (Å²) in [6, 6.07) is 5.23. The fraction of sp³-hybridized carbons (Fsp3) is 0.429. The van der Waals surface area contributed by atoms with Crippen molar-refractivity contribution in [2.24, 2.45) is 0 Å². The van der Waals surface area contributed by atoms with E-state index in [-0.39, 0.29) is 18.4 Å². The third-order valence-corrected chi connectivity index (χ3v) is 3.16. The Labute approximate surface area is 112 Å². The Morgan fingerprint density at radius 2 is 1.84 bits per heavy atom. The minimum Gasteiger partial charge on any atom is -0.396 e. The molecule has 5 heteroatoms. The lowest BCUT2D eigenvalue weighted by molar-refractivity contribution is 0.0880. The first-order valence-electron chi connectivity index (χ1n) is 6.57. The SMILES string of the molecule is O=C1NC(=O)c2c(NCCCCCCO)cccc21. The van der Waals surface area contributed by atoms with E-state index >= 15 is 0 Å². The molecule has 0 spiro atoms. The molecule has 2 amide bonds. The lowest BCUT2D eigenvalue weighted by atomic mass is 10.1. The van der Waals surface area contributed by atoms with E-state index in [0.717, 1.165) is 32.2 Å². The van der Waals surface area contributed by atoms with Crippen LogP contribution in [0.15, 0.2) is 18.2 Å². The van der Waals surface area contributed by atoms with E-state index in [1.54, 1.807) is 12.1 Å². The van der Waals surface area contributed by atoms with Gasteiger partial charge in [0.25, 0.3) is 11.8 Å². The molecule has 2 rings (SSSR count). The topological polar surface area (TPSA) is 78.4 Å². The lowest BCUT2D eigenvalue weighted by Gasteiger charge is -2.09. The number of carbonyl (C=O) groups excluding carboxylic acids is 2. The van der Waals surface area contributed by atoms with Crippen LogP contribution in [0.4, 0.5) is 5.69 Å². The molecule has 19 heavy (non-hydrogen) atoms. The number of aliphatic hydroxyl groups excluding tert-OH is 1. The van der Waals surface area contributed by atoms with Crippen molar-refractivity contribution in [2.75, 3.05) is 18.5 Å². The summed E-state index contributed by atoms with van der Waals surface area (Å²) >= 11 is 0. The number of rotatable bonds is 7. The summed E-state index contributed by atoms with van der Waals surface area (Å²) in [5.74, 6) is -0.657.